The van der Waals surface area contributed by atoms with E-state index in [4.69, 9.17) is 11.6 Å². The lowest BCUT2D eigenvalue weighted by Crippen LogP contribution is -2.24. The molecule has 0 unspecified atom stereocenters. The number of carbonyl (C=O) groups is 1. The zero-order valence-corrected chi connectivity index (χ0v) is 8.69. The van der Waals surface area contributed by atoms with E-state index in [1.165, 1.54) is 18.2 Å². The second-order valence-corrected chi connectivity index (χ2v) is 3.32. The monoisotopic (exact) mass is 249 g/mol. The second-order valence-electron chi connectivity index (χ2n) is 2.91. The van der Waals surface area contributed by atoms with Gasteiger partial charge in [-0.25, -0.2) is 0 Å². The van der Waals surface area contributed by atoms with Crippen LogP contribution < -0.4 is 5.32 Å². The minimum atomic E-state index is -4.74. The van der Waals surface area contributed by atoms with Gasteiger partial charge >= 0.3 is 6.18 Å². The van der Waals surface area contributed by atoms with Crippen LogP contribution in [-0.4, -0.2) is 12.1 Å². The van der Waals surface area contributed by atoms with E-state index in [-0.39, 0.29) is 10.7 Å². The van der Waals surface area contributed by atoms with Crippen molar-refractivity contribution in [3.05, 3.63) is 41.4 Å². The van der Waals surface area contributed by atoms with E-state index in [1.807, 2.05) is 5.32 Å². The van der Waals surface area contributed by atoms with Crippen molar-refractivity contribution in [3.63, 3.8) is 0 Å². The van der Waals surface area contributed by atoms with Crippen LogP contribution in [0.3, 0.4) is 0 Å². The Labute approximate surface area is 94.7 Å². The molecule has 0 bridgehead atoms. The van der Waals surface area contributed by atoms with E-state index in [9.17, 15) is 18.0 Å². The number of rotatable bonds is 2. The third-order valence-electron chi connectivity index (χ3n) is 1.74. The predicted octanol–water partition coefficient (Wildman–Crippen LogP) is 3.40. The van der Waals surface area contributed by atoms with Crippen molar-refractivity contribution in [1.82, 2.24) is 0 Å². The fraction of sp³-hybridized carbons (Fsp3) is 0.100. The number of para-hydroxylation sites is 1. The topological polar surface area (TPSA) is 29.1 Å². The van der Waals surface area contributed by atoms with Gasteiger partial charge in [0.05, 0.1) is 10.7 Å². The number of carbonyl (C=O) groups excluding carboxylic acids is 1. The molecule has 0 aliphatic carbocycles. The van der Waals surface area contributed by atoms with Crippen LogP contribution in [0.4, 0.5) is 18.9 Å². The van der Waals surface area contributed by atoms with Crippen molar-refractivity contribution in [1.29, 1.82) is 0 Å². The minimum absolute atomic E-state index is 0.111. The van der Waals surface area contributed by atoms with Crippen LogP contribution in [0.1, 0.15) is 0 Å². The number of amides is 1. The molecule has 1 aromatic rings. The summed E-state index contributed by atoms with van der Waals surface area (Å²) in [6, 6.07) is 5.98. The van der Waals surface area contributed by atoms with Crippen molar-refractivity contribution < 1.29 is 18.0 Å². The average Bonchev–Trinajstić information content (AvgIpc) is 2.19. The zero-order chi connectivity index (χ0) is 12.3. The first-order chi connectivity index (χ1) is 7.32. The molecule has 1 aromatic carbocycles. The van der Waals surface area contributed by atoms with Crippen molar-refractivity contribution in [2.24, 2.45) is 0 Å². The van der Waals surface area contributed by atoms with Crippen molar-refractivity contribution in [3.8, 4) is 0 Å². The van der Waals surface area contributed by atoms with E-state index in [1.54, 1.807) is 6.07 Å². The molecular weight excluding hydrogens is 243 g/mol. The van der Waals surface area contributed by atoms with Crippen molar-refractivity contribution >= 4 is 23.2 Å². The van der Waals surface area contributed by atoms with Crippen molar-refractivity contribution in [2.75, 3.05) is 5.32 Å². The van der Waals surface area contributed by atoms with E-state index >= 15 is 0 Å². The maximum atomic E-state index is 12.1. The maximum Gasteiger partial charge on any atom is 0.421 e. The summed E-state index contributed by atoms with van der Waals surface area (Å²) < 4.78 is 36.3. The normalized spacial score (nSPS) is 11.0. The first kappa shape index (κ1) is 12.6. The van der Waals surface area contributed by atoms with E-state index in [0.717, 1.165) is 0 Å². The van der Waals surface area contributed by atoms with Gasteiger partial charge in [0.15, 0.2) is 0 Å². The lowest BCUT2D eigenvalue weighted by molar-refractivity contribution is -0.126. The summed E-state index contributed by atoms with van der Waals surface area (Å²) in [4.78, 5) is 11.1. The summed E-state index contributed by atoms with van der Waals surface area (Å²) >= 11 is 5.66. The van der Waals surface area contributed by atoms with E-state index in [2.05, 4.69) is 6.58 Å². The summed E-state index contributed by atoms with van der Waals surface area (Å²) in [6.07, 6.45) is -4.74. The summed E-state index contributed by atoms with van der Waals surface area (Å²) in [7, 11) is 0. The quantitative estimate of drug-likeness (QED) is 0.800. The molecule has 1 rings (SSSR count). The van der Waals surface area contributed by atoms with Crippen LogP contribution >= 0.6 is 11.6 Å². The summed E-state index contributed by atoms with van der Waals surface area (Å²) in [5.41, 5.74) is -1.35. The lowest BCUT2D eigenvalue weighted by Gasteiger charge is -2.11. The number of benzene rings is 1. The molecule has 1 N–H and O–H groups in total. The standard InChI is InChI=1S/C10H7ClF3NO/c1-6(10(12,13)14)9(16)15-8-5-3-2-4-7(8)11/h2-5H,1H2,(H,15,16). The number of hydrogen-bond acceptors (Lipinski definition) is 1. The van der Waals surface area contributed by atoms with Gasteiger partial charge in [-0.2, -0.15) is 13.2 Å². The highest BCUT2D eigenvalue weighted by atomic mass is 35.5. The van der Waals surface area contributed by atoms with E-state index < -0.39 is 17.7 Å². The van der Waals surface area contributed by atoms with Crippen molar-refractivity contribution in [2.45, 2.75) is 6.18 Å². The molecule has 0 atom stereocenters. The fourth-order valence-corrected chi connectivity index (χ4v) is 1.07. The SMILES string of the molecule is C=C(C(=O)Nc1ccccc1Cl)C(F)(F)F. The van der Waals surface area contributed by atoms with Gasteiger partial charge in [0.1, 0.15) is 5.57 Å². The molecule has 0 fully saturated rings. The van der Waals surface area contributed by atoms with Gasteiger partial charge in [-0.1, -0.05) is 30.3 Å². The number of halogens is 4. The smallest absolute Gasteiger partial charge is 0.321 e. The van der Waals surface area contributed by atoms with Gasteiger partial charge < -0.3 is 5.32 Å². The highest BCUT2D eigenvalue weighted by Crippen LogP contribution is 2.26. The van der Waals surface area contributed by atoms with Gasteiger partial charge in [0.25, 0.3) is 5.91 Å². The Kier molecular flexibility index (Phi) is 3.59. The lowest BCUT2D eigenvalue weighted by atomic mass is 10.2. The highest BCUT2D eigenvalue weighted by Gasteiger charge is 2.36. The van der Waals surface area contributed by atoms with Gasteiger partial charge in [-0.05, 0) is 12.1 Å². The first-order valence-electron chi connectivity index (χ1n) is 4.14. The molecule has 0 radical (unpaired) electrons. The maximum absolute atomic E-state index is 12.1. The molecule has 1 amide bonds. The Morgan fingerprint density at radius 2 is 1.88 bits per heavy atom. The summed E-state index contributed by atoms with van der Waals surface area (Å²) in [6.45, 7) is 2.67. The van der Waals surface area contributed by atoms with Crippen LogP contribution in [0.2, 0.25) is 5.02 Å². The third kappa shape index (κ3) is 3.00. The molecule has 2 nitrogen and oxygen atoms in total. The fourth-order valence-electron chi connectivity index (χ4n) is 0.889. The second kappa shape index (κ2) is 4.57. The first-order valence-corrected chi connectivity index (χ1v) is 4.52. The Morgan fingerprint density at radius 1 is 1.31 bits per heavy atom. The molecule has 86 valence electrons. The zero-order valence-electron chi connectivity index (χ0n) is 7.94. The molecule has 0 aromatic heterocycles. The van der Waals surface area contributed by atoms with Crippen LogP contribution in [-0.2, 0) is 4.79 Å². The molecule has 0 aliphatic heterocycles. The Bertz CT molecular complexity index is 428. The largest absolute Gasteiger partial charge is 0.421 e. The summed E-state index contributed by atoms with van der Waals surface area (Å²) in [5, 5.41) is 2.18. The molecule has 0 saturated carbocycles. The molecule has 0 saturated heterocycles. The van der Waals surface area contributed by atoms with Crippen LogP contribution in [0.25, 0.3) is 0 Å². The Hall–Kier alpha value is -1.49. The highest BCUT2D eigenvalue weighted by molar-refractivity contribution is 6.33. The number of hydrogen-bond donors (Lipinski definition) is 1. The van der Waals surface area contributed by atoms with Gasteiger partial charge in [0.2, 0.25) is 0 Å². The summed E-state index contributed by atoms with van der Waals surface area (Å²) in [5.74, 6) is -1.32. The molecule has 0 heterocycles. The average molecular weight is 250 g/mol. The number of nitrogens with one attached hydrogen (secondary N) is 1. The number of alkyl halides is 3. The molecule has 0 spiro atoms. The molecule has 16 heavy (non-hydrogen) atoms. The molecular formula is C10H7ClF3NO. The third-order valence-corrected chi connectivity index (χ3v) is 2.07. The number of anilines is 1. The van der Waals surface area contributed by atoms with Crippen LogP contribution in [0, 0.1) is 0 Å². The molecule has 6 heteroatoms. The van der Waals surface area contributed by atoms with Gasteiger partial charge in [0, 0.05) is 0 Å². The van der Waals surface area contributed by atoms with Crippen LogP contribution in [0.5, 0.6) is 0 Å². The van der Waals surface area contributed by atoms with Crippen LogP contribution in [0.15, 0.2) is 36.4 Å². The Morgan fingerprint density at radius 3 is 2.38 bits per heavy atom. The van der Waals surface area contributed by atoms with Gasteiger partial charge in [-0.15, -0.1) is 0 Å². The van der Waals surface area contributed by atoms with Gasteiger partial charge in [-0.3, -0.25) is 4.79 Å². The molecule has 0 aliphatic rings. The Balaban J connectivity index is 2.81. The minimum Gasteiger partial charge on any atom is -0.321 e. The predicted molar refractivity (Wildman–Crippen MR) is 55.3 cm³/mol. The van der Waals surface area contributed by atoms with E-state index in [0.29, 0.717) is 0 Å².